The molecule has 4 nitrogen and oxygen atoms in total. The van der Waals surface area contributed by atoms with Gasteiger partial charge < -0.3 is 15.2 Å². The van der Waals surface area contributed by atoms with E-state index in [0.717, 1.165) is 12.0 Å². The molecule has 0 fully saturated rings. The molecule has 0 aliphatic heterocycles. The van der Waals surface area contributed by atoms with Crippen molar-refractivity contribution in [1.82, 2.24) is 5.32 Å². The van der Waals surface area contributed by atoms with Crippen molar-refractivity contribution < 1.29 is 14.6 Å². The number of ether oxygens (including phenoxy) is 1. The van der Waals surface area contributed by atoms with Gasteiger partial charge in [-0.05, 0) is 38.0 Å². The lowest BCUT2D eigenvalue weighted by Crippen LogP contribution is -2.36. The Morgan fingerprint density at radius 1 is 1.33 bits per heavy atom. The number of aliphatic hydroxyl groups is 1. The zero-order chi connectivity index (χ0) is 13.5. The molecule has 0 radical (unpaired) electrons. The number of aliphatic hydroxyl groups excluding tert-OH is 1. The number of carbonyl (C=O) groups is 1. The second-order valence-electron chi connectivity index (χ2n) is 4.30. The van der Waals surface area contributed by atoms with E-state index < -0.39 is 12.2 Å². The molecule has 0 heterocycles. The number of nitrogens with one attached hydrogen (secondary N) is 1. The normalized spacial score (nSPS) is 13.8. The van der Waals surface area contributed by atoms with E-state index in [2.05, 4.69) is 5.32 Å². The Kier molecular flexibility index (Phi) is 5.65. The van der Waals surface area contributed by atoms with Crippen LogP contribution in [0.5, 0.6) is 5.75 Å². The van der Waals surface area contributed by atoms with E-state index in [4.69, 9.17) is 4.74 Å². The van der Waals surface area contributed by atoms with Gasteiger partial charge in [0.05, 0.1) is 6.10 Å². The van der Waals surface area contributed by atoms with Gasteiger partial charge in [0, 0.05) is 6.54 Å². The first-order valence-electron chi connectivity index (χ1n) is 6.27. The van der Waals surface area contributed by atoms with Crippen LogP contribution >= 0.6 is 0 Å². The first kappa shape index (κ1) is 14.5. The van der Waals surface area contributed by atoms with Crippen LogP contribution in [0.25, 0.3) is 0 Å². The third-order valence-corrected chi connectivity index (χ3v) is 2.59. The highest BCUT2D eigenvalue weighted by atomic mass is 16.5. The summed E-state index contributed by atoms with van der Waals surface area (Å²) in [6.45, 7) is 6.08. The minimum atomic E-state index is -0.519. The van der Waals surface area contributed by atoms with Gasteiger partial charge in [-0.1, -0.05) is 19.1 Å². The van der Waals surface area contributed by atoms with Crippen LogP contribution < -0.4 is 10.1 Å². The smallest absolute Gasteiger partial charge is 0.260 e. The summed E-state index contributed by atoms with van der Waals surface area (Å²) in [5.74, 6) is 0.509. The number of carbonyl (C=O) groups excluding carboxylic acids is 1. The Hall–Kier alpha value is -1.55. The molecule has 2 atom stereocenters. The Bertz CT molecular complexity index is 373. The highest BCUT2D eigenvalue weighted by Gasteiger charge is 2.13. The Morgan fingerprint density at radius 3 is 2.44 bits per heavy atom. The summed E-state index contributed by atoms with van der Waals surface area (Å²) < 4.78 is 5.51. The van der Waals surface area contributed by atoms with Crippen LogP contribution in [0.4, 0.5) is 0 Å². The molecule has 0 bridgehead atoms. The lowest BCUT2D eigenvalue weighted by Gasteiger charge is -2.15. The third-order valence-electron chi connectivity index (χ3n) is 2.59. The quantitative estimate of drug-likeness (QED) is 0.813. The molecular formula is C14H21NO3. The second kappa shape index (κ2) is 7.01. The first-order chi connectivity index (χ1) is 8.54. The number of rotatable bonds is 6. The summed E-state index contributed by atoms with van der Waals surface area (Å²) in [5, 5.41) is 12.2. The third kappa shape index (κ3) is 4.37. The summed E-state index contributed by atoms with van der Waals surface area (Å²) in [4.78, 5) is 11.6. The second-order valence-corrected chi connectivity index (χ2v) is 4.30. The van der Waals surface area contributed by atoms with Crippen LogP contribution in [0.3, 0.4) is 0 Å². The van der Waals surface area contributed by atoms with E-state index in [1.807, 2.05) is 6.92 Å². The molecule has 0 aliphatic rings. The van der Waals surface area contributed by atoms with Crippen LogP contribution in [-0.4, -0.2) is 23.7 Å². The van der Waals surface area contributed by atoms with Crippen molar-refractivity contribution in [2.45, 2.75) is 39.4 Å². The molecule has 4 heteroatoms. The number of benzene rings is 1. The molecule has 0 saturated carbocycles. The van der Waals surface area contributed by atoms with Crippen molar-refractivity contribution in [3.05, 3.63) is 29.8 Å². The van der Waals surface area contributed by atoms with E-state index in [0.29, 0.717) is 12.3 Å². The van der Waals surface area contributed by atoms with Gasteiger partial charge in [0.2, 0.25) is 0 Å². The van der Waals surface area contributed by atoms with Gasteiger partial charge in [-0.25, -0.2) is 0 Å². The SMILES string of the molecule is CCCNC(=O)C(C)Oc1ccc([C@H](C)O)cc1. The molecule has 1 unspecified atom stereocenters. The molecule has 2 N–H and O–H groups in total. The minimum Gasteiger partial charge on any atom is -0.481 e. The summed E-state index contributed by atoms with van der Waals surface area (Å²) in [6.07, 6.45) is -0.111. The van der Waals surface area contributed by atoms with Crippen molar-refractivity contribution in [2.75, 3.05) is 6.54 Å². The summed E-state index contributed by atoms with van der Waals surface area (Å²) >= 11 is 0. The predicted octanol–water partition coefficient (Wildman–Crippen LogP) is 2.03. The highest BCUT2D eigenvalue weighted by Crippen LogP contribution is 2.18. The fraction of sp³-hybridized carbons (Fsp3) is 0.500. The average molecular weight is 251 g/mol. The molecular weight excluding hydrogens is 230 g/mol. The highest BCUT2D eigenvalue weighted by molar-refractivity contribution is 5.80. The average Bonchev–Trinajstić information content (AvgIpc) is 2.36. The number of hydrogen-bond donors (Lipinski definition) is 2. The Balaban J connectivity index is 2.53. The molecule has 1 rings (SSSR count). The molecule has 0 aliphatic carbocycles. The van der Waals surface area contributed by atoms with Crippen molar-refractivity contribution >= 4 is 5.91 Å². The van der Waals surface area contributed by atoms with Crippen LogP contribution in [0, 0.1) is 0 Å². The summed E-state index contributed by atoms with van der Waals surface area (Å²) in [5.41, 5.74) is 0.824. The topological polar surface area (TPSA) is 58.6 Å². The largest absolute Gasteiger partial charge is 0.481 e. The zero-order valence-electron chi connectivity index (χ0n) is 11.1. The lowest BCUT2D eigenvalue weighted by molar-refractivity contribution is -0.127. The maximum Gasteiger partial charge on any atom is 0.260 e. The van der Waals surface area contributed by atoms with Gasteiger partial charge in [-0.15, -0.1) is 0 Å². The molecule has 1 aromatic carbocycles. The van der Waals surface area contributed by atoms with Crippen LogP contribution in [0.1, 0.15) is 38.9 Å². The van der Waals surface area contributed by atoms with Crippen molar-refractivity contribution in [1.29, 1.82) is 0 Å². The monoisotopic (exact) mass is 251 g/mol. The van der Waals surface area contributed by atoms with Crippen molar-refractivity contribution in [2.24, 2.45) is 0 Å². The Morgan fingerprint density at radius 2 is 1.94 bits per heavy atom. The van der Waals surface area contributed by atoms with Gasteiger partial charge in [-0.3, -0.25) is 4.79 Å². The lowest BCUT2D eigenvalue weighted by atomic mass is 10.1. The van der Waals surface area contributed by atoms with Gasteiger partial charge in [0.1, 0.15) is 5.75 Å². The van der Waals surface area contributed by atoms with Gasteiger partial charge in [0.15, 0.2) is 6.10 Å². The standard InChI is InChI=1S/C14H21NO3/c1-4-9-15-14(17)11(3)18-13-7-5-12(6-8-13)10(2)16/h5-8,10-11,16H,4,9H2,1-3H3,(H,15,17)/t10-,11?/m0/s1. The van der Waals surface area contributed by atoms with Gasteiger partial charge in [-0.2, -0.15) is 0 Å². The predicted molar refractivity (Wildman–Crippen MR) is 70.5 cm³/mol. The first-order valence-corrected chi connectivity index (χ1v) is 6.27. The molecule has 18 heavy (non-hydrogen) atoms. The number of amides is 1. The maximum atomic E-state index is 11.6. The fourth-order valence-corrected chi connectivity index (χ4v) is 1.47. The maximum absolute atomic E-state index is 11.6. The van der Waals surface area contributed by atoms with Crippen LogP contribution in [-0.2, 0) is 4.79 Å². The van der Waals surface area contributed by atoms with E-state index >= 15 is 0 Å². The van der Waals surface area contributed by atoms with E-state index in [-0.39, 0.29) is 5.91 Å². The zero-order valence-corrected chi connectivity index (χ0v) is 11.1. The van der Waals surface area contributed by atoms with Gasteiger partial charge >= 0.3 is 0 Å². The van der Waals surface area contributed by atoms with Crippen LogP contribution in [0.2, 0.25) is 0 Å². The van der Waals surface area contributed by atoms with Crippen LogP contribution in [0.15, 0.2) is 24.3 Å². The molecule has 1 aromatic rings. The Labute approximate surface area is 108 Å². The van der Waals surface area contributed by atoms with E-state index in [9.17, 15) is 9.90 Å². The molecule has 0 aromatic heterocycles. The van der Waals surface area contributed by atoms with E-state index in [1.165, 1.54) is 0 Å². The molecule has 100 valence electrons. The van der Waals surface area contributed by atoms with Crippen molar-refractivity contribution in [3.63, 3.8) is 0 Å². The molecule has 1 amide bonds. The number of hydrogen-bond acceptors (Lipinski definition) is 3. The summed E-state index contributed by atoms with van der Waals surface area (Å²) in [6, 6.07) is 7.09. The molecule has 0 saturated heterocycles. The molecule has 0 spiro atoms. The summed E-state index contributed by atoms with van der Waals surface area (Å²) in [7, 11) is 0. The van der Waals surface area contributed by atoms with E-state index in [1.54, 1.807) is 38.1 Å². The fourth-order valence-electron chi connectivity index (χ4n) is 1.47. The minimum absolute atomic E-state index is 0.114. The van der Waals surface area contributed by atoms with Gasteiger partial charge in [0.25, 0.3) is 5.91 Å². The van der Waals surface area contributed by atoms with Crippen molar-refractivity contribution in [3.8, 4) is 5.75 Å².